The van der Waals surface area contributed by atoms with Crippen LogP contribution in [-0.4, -0.2) is 17.2 Å². The number of halogens is 2. The van der Waals surface area contributed by atoms with Gasteiger partial charge in [0.25, 0.3) is 0 Å². The van der Waals surface area contributed by atoms with Gasteiger partial charge in [-0.25, -0.2) is 18.6 Å². The van der Waals surface area contributed by atoms with Crippen LogP contribution < -0.4 is 10.2 Å². The summed E-state index contributed by atoms with van der Waals surface area (Å²) in [6.07, 6.45) is 1.58. The van der Waals surface area contributed by atoms with Crippen LogP contribution in [0, 0.1) is 18.6 Å². The third kappa shape index (κ3) is 4.87. The first kappa shape index (κ1) is 21.3. The first-order valence-electron chi connectivity index (χ1n) is 9.59. The van der Waals surface area contributed by atoms with Gasteiger partial charge in [-0.05, 0) is 48.9 Å². The lowest BCUT2D eigenvalue weighted by Crippen LogP contribution is -2.13. The third-order valence-electron chi connectivity index (χ3n) is 4.48. The normalized spacial score (nSPS) is 11.0. The zero-order valence-corrected chi connectivity index (χ0v) is 17.7. The molecule has 32 heavy (non-hydrogen) atoms. The zero-order chi connectivity index (χ0) is 22.5. The molecule has 0 fully saturated rings. The van der Waals surface area contributed by atoms with Crippen LogP contribution in [0.4, 0.5) is 13.9 Å². The fourth-order valence-corrected chi connectivity index (χ4v) is 3.73. The highest BCUT2D eigenvalue weighted by Gasteiger charge is 2.19. The Balaban J connectivity index is 1.38. The van der Waals surface area contributed by atoms with Crippen molar-refractivity contribution in [2.75, 3.05) is 5.43 Å². The topological polar surface area (TPSA) is 63.6 Å². The number of ether oxygens (including phenoxy) is 1. The second kappa shape index (κ2) is 9.49. The minimum Gasteiger partial charge on any atom is -0.423 e. The fourth-order valence-electron chi connectivity index (χ4n) is 2.94. The number of esters is 1. The van der Waals surface area contributed by atoms with Crippen LogP contribution in [0.1, 0.15) is 20.8 Å². The minimum absolute atomic E-state index is 0.158. The van der Waals surface area contributed by atoms with Crippen LogP contribution in [0.15, 0.2) is 77.9 Å². The average molecular weight is 449 g/mol. The Bertz CT molecular complexity index is 1250. The summed E-state index contributed by atoms with van der Waals surface area (Å²) in [4.78, 5) is 17.7. The third-order valence-corrected chi connectivity index (χ3v) is 5.35. The van der Waals surface area contributed by atoms with Gasteiger partial charge in [-0.2, -0.15) is 5.10 Å². The molecule has 0 spiro atoms. The molecule has 0 atom stereocenters. The summed E-state index contributed by atoms with van der Waals surface area (Å²) in [6, 6.07) is 19.4. The van der Waals surface area contributed by atoms with E-state index in [0.717, 1.165) is 33.8 Å². The second-order valence-corrected chi connectivity index (χ2v) is 7.92. The average Bonchev–Trinajstić information content (AvgIpc) is 3.16. The molecule has 0 aliphatic heterocycles. The summed E-state index contributed by atoms with van der Waals surface area (Å²) in [6.45, 7) is 2.00. The van der Waals surface area contributed by atoms with Crippen molar-refractivity contribution in [3.8, 4) is 17.0 Å². The smallest absolute Gasteiger partial charge is 0.349 e. The molecule has 1 aromatic heterocycles. The number of nitrogens with zero attached hydrogens (tertiary/aromatic N) is 2. The first-order valence-corrected chi connectivity index (χ1v) is 10.4. The number of benzene rings is 3. The number of nitrogens with one attached hydrogen (secondary N) is 1. The number of carbonyl (C=O) groups is 1. The number of rotatable bonds is 6. The molecular formula is C24H17F2N3O2S. The molecule has 0 saturated heterocycles. The van der Waals surface area contributed by atoms with E-state index < -0.39 is 23.2 Å². The van der Waals surface area contributed by atoms with Crippen molar-refractivity contribution in [3.63, 3.8) is 0 Å². The summed E-state index contributed by atoms with van der Waals surface area (Å²) >= 11 is 1.50. The Labute approximate surface area is 187 Å². The Morgan fingerprint density at radius 3 is 2.38 bits per heavy atom. The van der Waals surface area contributed by atoms with E-state index in [9.17, 15) is 13.6 Å². The van der Waals surface area contributed by atoms with Gasteiger partial charge in [-0.1, -0.05) is 36.4 Å². The van der Waals surface area contributed by atoms with Crippen LogP contribution in [0.2, 0.25) is 0 Å². The number of anilines is 1. The number of aromatic nitrogens is 1. The van der Waals surface area contributed by atoms with Crippen molar-refractivity contribution in [2.45, 2.75) is 6.92 Å². The highest BCUT2D eigenvalue weighted by atomic mass is 32.1. The molecule has 4 aromatic rings. The van der Waals surface area contributed by atoms with Crippen molar-refractivity contribution in [3.05, 3.63) is 100 Å². The van der Waals surface area contributed by atoms with Gasteiger partial charge in [0, 0.05) is 10.4 Å². The minimum atomic E-state index is -1.10. The maximum absolute atomic E-state index is 13.7. The Kier molecular flexibility index (Phi) is 6.32. The maximum atomic E-state index is 13.7. The van der Waals surface area contributed by atoms with Gasteiger partial charge in [0.05, 0.1) is 11.9 Å². The van der Waals surface area contributed by atoms with E-state index in [1.54, 1.807) is 18.3 Å². The molecule has 4 rings (SSSR count). The van der Waals surface area contributed by atoms with Crippen LogP contribution >= 0.6 is 11.3 Å². The van der Waals surface area contributed by atoms with Gasteiger partial charge in [0.2, 0.25) is 5.13 Å². The molecule has 0 saturated carbocycles. The van der Waals surface area contributed by atoms with Gasteiger partial charge in [-0.3, -0.25) is 5.43 Å². The molecule has 0 unspecified atom stereocenters. The van der Waals surface area contributed by atoms with Gasteiger partial charge in [-0.15, -0.1) is 11.3 Å². The van der Waals surface area contributed by atoms with E-state index in [-0.39, 0.29) is 5.75 Å². The van der Waals surface area contributed by atoms with Crippen molar-refractivity contribution < 1.29 is 18.3 Å². The monoisotopic (exact) mass is 449 g/mol. The molecule has 3 aromatic carbocycles. The van der Waals surface area contributed by atoms with Crippen molar-refractivity contribution in [1.82, 2.24) is 4.98 Å². The van der Waals surface area contributed by atoms with Crippen LogP contribution in [-0.2, 0) is 0 Å². The Morgan fingerprint density at radius 2 is 1.69 bits per heavy atom. The van der Waals surface area contributed by atoms with Crippen LogP contribution in [0.25, 0.3) is 11.3 Å². The number of hydrazone groups is 1. The van der Waals surface area contributed by atoms with E-state index in [0.29, 0.717) is 5.13 Å². The number of hydrogen-bond donors (Lipinski definition) is 1. The number of thiazole rings is 1. The molecule has 0 amide bonds. The van der Waals surface area contributed by atoms with Gasteiger partial charge in [0.15, 0.2) is 0 Å². The van der Waals surface area contributed by atoms with E-state index in [1.807, 2.05) is 37.3 Å². The summed E-state index contributed by atoms with van der Waals surface area (Å²) < 4.78 is 32.5. The molecule has 0 aliphatic carbocycles. The van der Waals surface area contributed by atoms with Crippen molar-refractivity contribution >= 4 is 28.7 Å². The first-order chi connectivity index (χ1) is 15.5. The predicted molar refractivity (Wildman–Crippen MR) is 121 cm³/mol. The van der Waals surface area contributed by atoms with E-state index in [4.69, 9.17) is 4.74 Å². The molecule has 0 aliphatic rings. The number of aryl methyl sites for hydroxylation is 1. The van der Waals surface area contributed by atoms with Crippen LogP contribution in [0.3, 0.4) is 0 Å². The van der Waals surface area contributed by atoms with Gasteiger partial charge < -0.3 is 4.74 Å². The number of carbonyl (C=O) groups excluding carboxylic acids is 1. The molecule has 160 valence electrons. The summed E-state index contributed by atoms with van der Waals surface area (Å²) in [7, 11) is 0. The molecular weight excluding hydrogens is 432 g/mol. The molecule has 1 heterocycles. The quantitative estimate of drug-likeness (QED) is 0.168. The summed E-state index contributed by atoms with van der Waals surface area (Å²) in [5, 5.41) is 4.85. The predicted octanol–water partition coefficient (Wildman–Crippen LogP) is 6.06. The van der Waals surface area contributed by atoms with Crippen molar-refractivity contribution in [2.24, 2.45) is 5.10 Å². The molecule has 5 nitrogen and oxygen atoms in total. The lowest BCUT2D eigenvalue weighted by atomic mass is 10.1. The molecule has 0 radical (unpaired) electrons. The van der Waals surface area contributed by atoms with Crippen molar-refractivity contribution in [1.29, 1.82) is 0 Å². The lowest BCUT2D eigenvalue weighted by Gasteiger charge is -2.06. The standard InChI is InChI=1S/C24H17F2N3O2S/c1-15-22(17-6-3-2-4-7-17)28-24(32-15)29-27-14-16-10-12-18(13-11-16)31-23(30)21-19(25)8-5-9-20(21)26/h2-14H,1H3,(H,28,29)/b27-14-. The lowest BCUT2D eigenvalue weighted by molar-refractivity contribution is 0.0724. The fraction of sp³-hybridized carbons (Fsp3) is 0.0417. The molecule has 0 bridgehead atoms. The molecule has 8 heteroatoms. The van der Waals surface area contributed by atoms with E-state index >= 15 is 0 Å². The largest absolute Gasteiger partial charge is 0.423 e. The van der Waals surface area contributed by atoms with Gasteiger partial charge >= 0.3 is 5.97 Å². The Morgan fingerprint density at radius 1 is 1.00 bits per heavy atom. The van der Waals surface area contributed by atoms with E-state index in [1.165, 1.54) is 29.5 Å². The highest BCUT2D eigenvalue weighted by molar-refractivity contribution is 7.15. The SMILES string of the molecule is Cc1sc(N/N=C\c2ccc(OC(=O)c3c(F)cccc3F)cc2)nc1-c1ccccc1. The number of hydrogen-bond acceptors (Lipinski definition) is 6. The maximum Gasteiger partial charge on any atom is 0.349 e. The molecule has 1 N–H and O–H groups in total. The van der Waals surface area contributed by atoms with Crippen LogP contribution in [0.5, 0.6) is 5.75 Å². The zero-order valence-electron chi connectivity index (χ0n) is 16.9. The van der Waals surface area contributed by atoms with Gasteiger partial charge in [0.1, 0.15) is 22.9 Å². The Hall–Kier alpha value is -3.91. The highest BCUT2D eigenvalue weighted by Crippen LogP contribution is 2.30. The summed E-state index contributed by atoms with van der Waals surface area (Å²) in [5.41, 5.74) is 4.86. The van der Waals surface area contributed by atoms with E-state index in [2.05, 4.69) is 15.5 Å². The second-order valence-electron chi connectivity index (χ2n) is 6.72. The summed E-state index contributed by atoms with van der Waals surface area (Å²) in [5.74, 6) is -2.89.